The van der Waals surface area contributed by atoms with E-state index in [2.05, 4.69) is 15.2 Å². The zero-order valence-electron chi connectivity index (χ0n) is 19.1. The Morgan fingerprint density at radius 3 is 2.48 bits per heavy atom. The van der Waals surface area contributed by atoms with Crippen molar-refractivity contribution in [1.82, 2.24) is 14.9 Å². The summed E-state index contributed by atoms with van der Waals surface area (Å²) >= 11 is 1.62. The van der Waals surface area contributed by atoms with Gasteiger partial charge in [0, 0.05) is 43.2 Å². The van der Waals surface area contributed by atoms with Crippen molar-refractivity contribution in [2.45, 2.75) is 19.4 Å². The molecular weight excluding hydrogens is 460 g/mol. The highest BCUT2D eigenvalue weighted by Gasteiger charge is 2.34. The number of methoxy groups -OCH3 is 2. The molecule has 0 saturated carbocycles. The fourth-order valence-electron chi connectivity index (χ4n) is 4.83. The van der Waals surface area contributed by atoms with Gasteiger partial charge in [0.15, 0.2) is 21.3 Å². The van der Waals surface area contributed by atoms with Crippen LogP contribution in [-0.2, 0) is 9.84 Å². The fourth-order valence-corrected chi connectivity index (χ4v) is 7.58. The summed E-state index contributed by atoms with van der Waals surface area (Å²) in [4.78, 5) is 15.2. The number of hydrogen-bond acceptors (Lipinski definition) is 9. The third-order valence-corrected chi connectivity index (χ3v) is 9.18. The highest BCUT2D eigenvalue weighted by molar-refractivity contribution is 7.91. The Morgan fingerprint density at radius 1 is 1.06 bits per heavy atom. The summed E-state index contributed by atoms with van der Waals surface area (Å²) in [5, 5.41) is 3.18. The maximum atomic E-state index is 11.9. The molecule has 0 amide bonds. The number of rotatable bonds is 5. The van der Waals surface area contributed by atoms with Crippen molar-refractivity contribution in [2.24, 2.45) is 0 Å². The van der Waals surface area contributed by atoms with Crippen molar-refractivity contribution in [2.75, 3.05) is 56.8 Å². The molecule has 10 heteroatoms. The molecule has 0 spiro atoms. The third kappa shape index (κ3) is 4.27. The number of aromatic nitrogens is 2. The lowest BCUT2D eigenvalue weighted by atomic mass is 10.0. The van der Waals surface area contributed by atoms with Gasteiger partial charge in [0.05, 0.1) is 31.1 Å². The largest absolute Gasteiger partial charge is 0.493 e. The van der Waals surface area contributed by atoms with Crippen molar-refractivity contribution in [3.8, 4) is 22.6 Å². The van der Waals surface area contributed by atoms with E-state index in [0.717, 1.165) is 65.6 Å². The van der Waals surface area contributed by atoms with Gasteiger partial charge in [-0.2, -0.15) is 0 Å². The molecule has 2 aromatic heterocycles. The lowest BCUT2D eigenvalue weighted by molar-refractivity contribution is 0.200. The minimum atomic E-state index is -2.88. The van der Waals surface area contributed by atoms with Crippen LogP contribution in [0.25, 0.3) is 21.3 Å². The van der Waals surface area contributed by atoms with E-state index >= 15 is 0 Å². The number of hydrogen-bond donors (Lipinski definition) is 0. The van der Waals surface area contributed by atoms with E-state index < -0.39 is 9.84 Å². The zero-order valence-corrected chi connectivity index (χ0v) is 20.7. The van der Waals surface area contributed by atoms with Crippen LogP contribution in [0, 0.1) is 6.92 Å². The molecule has 3 aromatic rings. The minimum Gasteiger partial charge on any atom is -0.493 e. The number of thiophene rings is 1. The van der Waals surface area contributed by atoms with E-state index in [-0.39, 0.29) is 11.8 Å². The fraction of sp³-hybridized carbons (Fsp3) is 0.478. The van der Waals surface area contributed by atoms with E-state index in [0.29, 0.717) is 17.3 Å². The van der Waals surface area contributed by atoms with E-state index in [1.165, 1.54) is 0 Å². The van der Waals surface area contributed by atoms with Crippen LogP contribution in [0.15, 0.2) is 23.6 Å². The number of ether oxygens (including phenoxy) is 2. The van der Waals surface area contributed by atoms with Crippen LogP contribution in [0.1, 0.15) is 12.2 Å². The molecule has 2 aliphatic heterocycles. The van der Waals surface area contributed by atoms with Crippen LogP contribution >= 0.6 is 11.3 Å². The van der Waals surface area contributed by atoms with Gasteiger partial charge in [0.1, 0.15) is 16.5 Å². The van der Waals surface area contributed by atoms with Crippen LogP contribution in [0.4, 0.5) is 5.82 Å². The Bertz CT molecular complexity index is 1280. The van der Waals surface area contributed by atoms with E-state index in [1.54, 1.807) is 25.6 Å². The van der Waals surface area contributed by atoms with Gasteiger partial charge in [0.2, 0.25) is 0 Å². The molecule has 4 heterocycles. The quantitative estimate of drug-likeness (QED) is 0.542. The molecule has 0 bridgehead atoms. The molecule has 2 fully saturated rings. The smallest absolute Gasteiger partial charge is 0.161 e. The molecule has 8 nitrogen and oxygen atoms in total. The van der Waals surface area contributed by atoms with Crippen LogP contribution in [0.2, 0.25) is 0 Å². The molecule has 2 aliphatic rings. The summed E-state index contributed by atoms with van der Waals surface area (Å²) < 4.78 is 34.7. The Labute approximate surface area is 198 Å². The molecule has 0 unspecified atom stereocenters. The predicted molar refractivity (Wildman–Crippen MR) is 132 cm³/mol. The molecule has 5 rings (SSSR count). The van der Waals surface area contributed by atoms with Gasteiger partial charge in [-0.05, 0) is 31.0 Å². The molecule has 2 saturated heterocycles. The second kappa shape index (κ2) is 8.73. The van der Waals surface area contributed by atoms with Crippen LogP contribution in [0.3, 0.4) is 0 Å². The summed E-state index contributed by atoms with van der Waals surface area (Å²) in [6, 6.07) is 6.08. The second-order valence-corrected chi connectivity index (χ2v) is 11.7. The van der Waals surface area contributed by atoms with Gasteiger partial charge in [-0.1, -0.05) is 6.07 Å². The number of benzene rings is 1. The van der Waals surface area contributed by atoms with E-state index in [1.807, 2.05) is 25.1 Å². The maximum absolute atomic E-state index is 11.9. The monoisotopic (exact) mass is 488 g/mol. The molecule has 1 atom stereocenters. The summed E-state index contributed by atoms with van der Waals surface area (Å²) in [5.41, 5.74) is 2.11. The van der Waals surface area contributed by atoms with Gasteiger partial charge in [0.25, 0.3) is 0 Å². The number of nitrogens with zero attached hydrogens (tertiary/aromatic N) is 4. The topological polar surface area (TPSA) is 84.9 Å². The van der Waals surface area contributed by atoms with E-state index in [9.17, 15) is 8.42 Å². The van der Waals surface area contributed by atoms with Crippen molar-refractivity contribution < 1.29 is 17.9 Å². The predicted octanol–water partition coefficient (Wildman–Crippen LogP) is 2.99. The number of sulfone groups is 1. The molecule has 176 valence electrons. The first-order valence-corrected chi connectivity index (χ1v) is 13.8. The molecule has 0 N–H and O–H groups in total. The molecule has 33 heavy (non-hydrogen) atoms. The lowest BCUT2D eigenvalue weighted by Crippen LogP contribution is -2.51. The maximum Gasteiger partial charge on any atom is 0.161 e. The average molecular weight is 489 g/mol. The van der Waals surface area contributed by atoms with Crippen molar-refractivity contribution >= 4 is 37.2 Å². The van der Waals surface area contributed by atoms with Gasteiger partial charge in [-0.25, -0.2) is 18.4 Å². The Kier molecular flexibility index (Phi) is 5.92. The summed E-state index contributed by atoms with van der Waals surface area (Å²) in [6.07, 6.45) is 0.743. The van der Waals surface area contributed by atoms with Gasteiger partial charge < -0.3 is 14.4 Å². The highest BCUT2D eigenvalue weighted by Crippen LogP contribution is 2.41. The Morgan fingerprint density at radius 2 is 1.82 bits per heavy atom. The number of fused-ring (bicyclic) bond motifs is 1. The van der Waals surface area contributed by atoms with Gasteiger partial charge in [-0.15, -0.1) is 11.3 Å². The SMILES string of the molecule is COc1ccc(-c2csc3nc(C)nc(N4CCN([C@@H]5CCS(=O)(=O)C5)CC4)c23)cc1OC. The normalized spacial score (nSPS) is 20.9. The van der Waals surface area contributed by atoms with Crippen molar-refractivity contribution in [1.29, 1.82) is 0 Å². The summed E-state index contributed by atoms with van der Waals surface area (Å²) in [5.74, 6) is 3.68. The number of aryl methyl sites for hydroxylation is 1. The number of anilines is 1. The van der Waals surface area contributed by atoms with Crippen molar-refractivity contribution in [3.05, 3.63) is 29.4 Å². The molecular formula is C23H28N4O4S2. The molecule has 0 radical (unpaired) electrons. The lowest BCUT2D eigenvalue weighted by Gasteiger charge is -2.38. The summed E-state index contributed by atoms with van der Waals surface area (Å²) in [6.45, 7) is 5.21. The first-order valence-electron chi connectivity index (χ1n) is 11.1. The molecule has 1 aromatic carbocycles. The van der Waals surface area contributed by atoms with Crippen LogP contribution in [0.5, 0.6) is 11.5 Å². The molecule has 0 aliphatic carbocycles. The van der Waals surface area contributed by atoms with Crippen LogP contribution < -0.4 is 14.4 Å². The zero-order chi connectivity index (χ0) is 23.2. The van der Waals surface area contributed by atoms with Gasteiger partial charge >= 0.3 is 0 Å². The standard InChI is InChI=1S/C23H28N4O4S2/c1-15-24-22(27-9-7-26(8-10-27)17-6-11-33(28,29)14-17)21-18(13-32-23(21)25-15)16-4-5-19(30-2)20(12-16)31-3/h4-5,12-13,17H,6-11,14H2,1-3H3/t17-/m1/s1. The summed E-state index contributed by atoms with van der Waals surface area (Å²) in [7, 11) is 0.393. The van der Waals surface area contributed by atoms with Crippen molar-refractivity contribution in [3.63, 3.8) is 0 Å². The average Bonchev–Trinajstić information content (AvgIpc) is 3.41. The van der Waals surface area contributed by atoms with Gasteiger partial charge in [-0.3, -0.25) is 4.90 Å². The Balaban J connectivity index is 1.46. The first-order chi connectivity index (χ1) is 15.9. The highest BCUT2D eigenvalue weighted by atomic mass is 32.2. The second-order valence-electron chi connectivity index (χ2n) is 8.57. The van der Waals surface area contributed by atoms with E-state index in [4.69, 9.17) is 19.4 Å². The minimum absolute atomic E-state index is 0.146. The number of piperazine rings is 1. The first kappa shape index (κ1) is 22.4. The third-order valence-electron chi connectivity index (χ3n) is 6.56. The van der Waals surface area contributed by atoms with Crippen LogP contribution in [-0.4, -0.2) is 81.2 Å². The Hall–Kier alpha value is -2.43.